The lowest BCUT2D eigenvalue weighted by atomic mass is 10.0. The van der Waals surface area contributed by atoms with Crippen LogP contribution in [0.4, 0.5) is 0 Å². The molecule has 0 saturated carbocycles. The summed E-state index contributed by atoms with van der Waals surface area (Å²) in [7, 11) is 1.51. The third-order valence-corrected chi connectivity index (χ3v) is 5.65. The minimum atomic E-state index is -0.484. The van der Waals surface area contributed by atoms with E-state index in [1.54, 1.807) is 36.4 Å². The molecule has 0 aliphatic carbocycles. The Balaban J connectivity index is 1.55. The molecule has 0 unspecified atom stereocenters. The topological polar surface area (TPSA) is 77.0 Å². The maximum Gasteiger partial charge on any atom is 0.344 e. The average Bonchev–Trinajstić information content (AvgIpc) is 2.85. The van der Waals surface area contributed by atoms with Gasteiger partial charge in [-0.2, -0.15) is 5.10 Å². The fraction of sp³-hybridized carbons (Fsp3) is 0.0741. The van der Waals surface area contributed by atoms with Crippen LogP contribution < -0.4 is 14.9 Å². The van der Waals surface area contributed by atoms with Crippen LogP contribution in [0.5, 0.6) is 11.5 Å². The highest BCUT2D eigenvalue weighted by atomic mass is 79.9. The number of nitrogens with zero attached hydrogens (tertiary/aromatic N) is 1. The van der Waals surface area contributed by atoms with Crippen molar-refractivity contribution in [1.29, 1.82) is 0 Å². The molecular formula is C27H21BrN2O4. The van der Waals surface area contributed by atoms with Crippen LogP contribution in [0.2, 0.25) is 0 Å². The van der Waals surface area contributed by atoms with Gasteiger partial charge in [-0.25, -0.2) is 10.2 Å². The standard InChI is InChI=1S/C27H21BrN2O4/c1-17-10-12-23(25(14-17)33-2)26(31)30-29-16-19-15-20(28)11-13-24(19)34-27(32)22-9-5-7-18-6-3-4-8-21(18)22/h3-16H,1-2H3,(H,30,31)/b29-16-. The van der Waals surface area contributed by atoms with E-state index in [0.717, 1.165) is 20.8 Å². The highest BCUT2D eigenvalue weighted by Gasteiger charge is 2.15. The van der Waals surface area contributed by atoms with Gasteiger partial charge < -0.3 is 9.47 Å². The molecule has 6 nitrogen and oxygen atoms in total. The number of aryl methyl sites for hydroxylation is 1. The van der Waals surface area contributed by atoms with Crippen molar-refractivity contribution in [2.75, 3.05) is 7.11 Å². The molecule has 0 aliphatic heterocycles. The fourth-order valence-electron chi connectivity index (χ4n) is 3.48. The van der Waals surface area contributed by atoms with Crippen LogP contribution in [0, 0.1) is 6.92 Å². The summed E-state index contributed by atoms with van der Waals surface area (Å²) < 4.78 is 11.8. The maximum absolute atomic E-state index is 13.0. The van der Waals surface area contributed by atoms with Gasteiger partial charge in [-0.3, -0.25) is 4.79 Å². The Bertz CT molecular complexity index is 1410. The zero-order chi connectivity index (χ0) is 24.1. The molecule has 0 aromatic heterocycles. The van der Waals surface area contributed by atoms with Gasteiger partial charge in [0.2, 0.25) is 0 Å². The number of rotatable bonds is 6. The Labute approximate surface area is 205 Å². The number of nitrogens with one attached hydrogen (secondary N) is 1. The average molecular weight is 517 g/mol. The Morgan fingerprint density at radius 3 is 2.53 bits per heavy atom. The lowest BCUT2D eigenvalue weighted by molar-refractivity contribution is 0.0736. The third-order valence-electron chi connectivity index (χ3n) is 5.16. The maximum atomic E-state index is 13.0. The molecule has 0 aliphatic rings. The van der Waals surface area contributed by atoms with Gasteiger partial charge in [0, 0.05) is 10.0 Å². The molecular weight excluding hydrogens is 496 g/mol. The first-order valence-corrected chi connectivity index (χ1v) is 11.2. The molecule has 0 fully saturated rings. The molecule has 0 saturated heterocycles. The molecule has 4 rings (SSSR count). The number of halogens is 1. The first-order chi connectivity index (χ1) is 16.5. The van der Waals surface area contributed by atoms with E-state index in [2.05, 4.69) is 26.5 Å². The molecule has 170 valence electrons. The number of carbonyl (C=O) groups excluding carboxylic acids is 2. The molecule has 1 N–H and O–H groups in total. The Hall–Kier alpha value is -3.97. The number of hydrazone groups is 1. The largest absolute Gasteiger partial charge is 0.496 e. The number of ether oxygens (including phenoxy) is 2. The van der Waals surface area contributed by atoms with Crippen LogP contribution in [0.25, 0.3) is 10.8 Å². The number of methoxy groups -OCH3 is 1. The highest BCUT2D eigenvalue weighted by Crippen LogP contribution is 2.25. The predicted molar refractivity (Wildman–Crippen MR) is 136 cm³/mol. The van der Waals surface area contributed by atoms with Crippen LogP contribution in [0.15, 0.2) is 88.4 Å². The van der Waals surface area contributed by atoms with E-state index < -0.39 is 11.9 Å². The quantitative estimate of drug-likeness (QED) is 0.150. The van der Waals surface area contributed by atoms with Gasteiger partial charge in [0.15, 0.2) is 0 Å². The summed E-state index contributed by atoms with van der Waals surface area (Å²) in [6, 6.07) is 23.5. The summed E-state index contributed by atoms with van der Waals surface area (Å²) in [5.74, 6) is -0.133. The molecule has 0 atom stereocenters. The van der Waals surface area contributed by atoms with Crippen LogP contribution >= 0.6 is 15.9 Å². The van der Waals surface area contributed by atoms with Gasteiger partial charge in [-0.05, 0) is 59.7 Å². The van der Waals surface area contributed by atoms with E-state index in [-0.39, 0.29) is 0 Å². The second-order valence-electron chi connectivity index (χ2n) is 7.50. The van der Waals surface area contributed by atoms with E-state index in [1.165, 1.54) is 13.3 Å². The van der Waals surface area contributed by atoms with Gasteiger partial charge in [0.05, 0.1) is 24.5 Å². The minimum Gasteiger partial charge on any atom is -0.496 e. The summed E-state index contributed by atoms with van der Waals surface area (Å²) >= 11 is 3.42. The van der Waals surface area contributed by atoms with Gasteiger partial charge in [-0.15, -0.1) is 0 Å². The first-order valence-electron chi connectivity index (χ1n) is 10.4. The van der Waals surface area contributed by atoms with Crippen molar-refractivity contribution in [1.82, 2.24) is 5.43 Å². The smallest absolute Gasteiger partial charge is 0.344 e. The number of esters is 1. The SMILES string of the molecule is COc1cc(C)ccc1C(=O)N/N=C\c1cc(Br)ccc1OC(=O)c1cccc2ccccc12. The number of carbonyl (C=O) groups is 2. The molecule has 0 heterocycles. The zero-order valence-corrected chi connectivity index (χ0v) is 20.1. The van der Waals surface area contributed by atoms with Crippen molar-refractivity contribution in [3.8, 4) is 11.5 Å². The van der Waals surface area contributed by atoms with Crippen LogP contribution in [0.1, 0.15) is 31.8 Å². The third kappa shape index (κ3) is 5.15. The number of fused-ring (bicyclic) bond motifs is 1. The van der Waals surface area contributed by atoms with Gasteiger partial charge >= 0.3 is 5.97 Å². The van der Waals surface area contributed by atoms with Crippen molar-refractivity contribution < 1.29 is 19.1 Å². The van der Waals surface area contributed by atoms with E-state index in [1.807, 2.05) is 49.4 Å². The lowest BCUT2D eigenvalue weighted by Gasteiger charge is -2.10. The summed E-state index contributed by atoms with van der Waals surface area (Å²) in [5.41, 5.74) is 4.81. The van der Waals surface area contributed by atoms with E-state index in [9.17, 15) is 9.59 Å². The molecule has 0 bridgehead atoms. The Kier molecular flexibility index (Phi) is 7.04. The highest BCUT2D eigenvalue weighted by molar-refractivity contribution is 9.10. The molecule has 34 heavy (non-hydrogen) atoms. The van der Waals surface area contributed by atoms with E-state index in [4.69, 9.17) is 9.47 Å². The minimum absolute atomic E-state index is 0.312. The molecule has 1 amide bonds. The normalized spacial score (nSPS) is 10.9. The van der Waals surface area contributed by atoms with E-state index in [0.29, 0.717) is 28.2 Å². The molecule has 7 heteroatoms. The Morgan fingerprint density at radius 1 is 0.912 bits per heavy atom. The lowest BCUT2D eigenvalue weighted by Crippen LogP contribution is -2.18. The van der Waals surface area contributed by atoms with E-state index >= 15 is 0 Å². The zero-order valence-electron chi connectivity index (χ0n) is 18.5. The second-order valence-corrected chi connectivity index (χ2v) is 8.42. The number of benzene rings is 4. The molecule has 4 aromatic rings. The van der Waals surface area contributed by atoms with Crippen LogP contribution in [-0.4, -0.2) is 25.2 Å². The van der Waals surface area contributed by atoms with Crippen molar-refractivity contribution in [2.45, 2.75) is 6.92 Å². The van der Waals surface area contributed by atoms with Crippen molar-refractivity contribution in [3.05, 3.63) is 106 Å². The van der Waals surface area contributed by atoms with Crippen molar-refractivity contribution in [2.24, 2.45) is 5.10 Å². The molecule has 0 spiro atoms. The van der Waals surface area contributed by atoms with Crippen LogP contribution in [0.3, 0.4) is 0 Å². The first kappa shape index (κ1) is 23.2. The fourth-order valence-corrected chi connectivity index (χ4v) is 3.86. The Morgan fingerprint density at radius 2 is 1.71 bits per heavy atom. The van der Waals surface area contributed by atoms with Gasteiger partial charge in [0.1, 0.15) is 11.5 Å². The monoisotopic (exact) mass is 516 g/mol. The summed E-state index contributed by atoms with van der Waals surface area (Å²) in [5, 5.41) is 5.81. The van der Waals surface area contributed by atoms with Crippen LogP contribution in [-0.2, 0) is 0 Å². The van der Waals surface area contributed by atoms with Gasteiger partial charge in [-0.1, -0.05) is 58.4 Å². The summed E-state index contributed by atoms with van der Waals surface area (Å²) in [4.78, 5) is 25.5. The predicted octanol–water partition coefficient (Wildman–Crippen LogP) is 5.90. The number of amides is 1. The van der Waals surface area contributed by atoms with Gasteiger partial charge in [0.25, 0.3) is 5.91 Å². The van der Waals surface area contributed by atoms with Crippen molar-refractivity contribution in [3.63, 3.8) is 0 Å². The van der Waals surface area contributed by atoms with Crippen molar-refractivity contribution >= 4 is 44.8 Å². The number of hydrogen-bond acceptors (Lipinski definition) is 5. The molecule has 0 radical (unpaired) electrons. The summed E-state index contributed by atoms with van der Waals surface area (Å²) in [6.07, 6.45) is 1.43. The summed E-state index contributed by atoms with van der Waals surface area (Å²) in [6.45, 7) is 1.91. The second kappa shape index (κ2) is 10.3. The number of hydrogen-bond donors (Lipinski definition) is 1. The molecule has 4 aromatic carbocycles.